The summed E-state index contributed by atoms with van der Waals surface area (Å²) < 4.78 is 0. The monoisotopic (exact) mass is 224 g/mol. The van der Waals surface area contributed by atoms with E-state index in [1.165, 1.54) is 19.3 Å². The maximum Gasteiger partial charge on any atom is 0.129 e. The minimum atomic E-state index is 0.567. The van der Waals surface area contributed by atoms with Gasteiger partial charge in [-0.3, -0.25) is 0 Å². The Morgan fingerprint density at radius 1 is 1.53 bits per heavy atom. The third-order valence-electron chi connectivity index (χ3n) is 3.06. The molecule has 0 aliphatic carbocycles. The van der Waals surface area contributed by atoms with E-state index < -0.39 is 0 Å². The second kappa shape index (κ2) is 4.84. The lowest BCUT2D eigenvalue weighted by molar-refractivity contribution is 0.481. The molecule has 0 saturated carbocycles. The molecule has 1 aliphatic heterocycles. The number of halogens is 1. The number of aromatic nitrogens is 1. The Bertz CT molecular complexity index is 327. The SMILES string of the molecule is CC1CCCCN1c1cc(CCl)ccn1. The maximum atomic E-state index is 5.83. The van der Waals surface area contributed by atoms with Crippen molar-refractivity contribution in [3.05, 3.63) is 23.9 Å². The Labute approximate surface area is 96.3 Å². The molecule has 0 spiro atoms. The molecule has 15 heavy (non-hydrogen) atoms. The van der Waals surface area contributed by atoms with Gasteiger partial charge in [0, 0.05) is 24.7 Å². The number of anilines is 1. The molecule has 0 amide bonds. The molecule has 1 aliphatic rings. The van der Waals surface area contributed by atoms with Gasteiger partial charge in [-0.15, -0.1) is 11.6 Å². The van der Waals surface area contributed by atoms with Crippen molar-refractivity contribution in [1.29, 1.82) is 0 Å². The largest absolute Gasteiger partial charge is 0.354 e. The highest BCUT2D eigenvalue weighted by atomic mass is 35.5. The fraction of sp³-hybridized carbons (Fsp3) is 0.583. The second-order valence-corrected chi connectivity index (χ2v) is 4.46. The van der Waals surface area contributed by atoms with Crippen LogP contribution in [0.3, 0.4) is 0 Å². The van der Waals surface area contributed by atoms with Crippen molar-refractivity contribution < 1.29 is 0 Å². The minimum absolute atomic E-state index is 0.567. The van der Waals surface area contributed by atoms with Crippen LogP contribution in [-0.4, -0.2) is 17.6 Å². The average molecular weight is 225 g/mol. The zero-order chi connectivity index (χ0) is 10.7. The number of piperidine rings is 1. The van der Waals surface area contributed by atoms with E-state index in [0.717, 1.165) is 17.9 Å². The Kier molecular flexibility index (Phi) is 3.47. The minimum Gasteiger partial charge on any atom is -0.354 e. The smallest absolute Gasteiger partial charge is 0.129 e. The number of hydrogen-bond donors (Lipinski definition) is 0. The molecule has 82 valence electrons. The quantitative estimate of drug-likeness (QED) is 0.718. The topological polar surface area (TPSA) is 16.1 Å². The summed E-state index contributed by atoms with van der Waals surface area (Å²) in [5, 5.41) is 0. The lowest BCUT2D eigenvalue weighted by Crippen LogP contribution is -2.37. The predicted molar refractivity (Wildman–Crippen MR) is 64.5 cm³/mol. The molecule has 1 fully saturated rings. The van der Waals surface area contributed by atoms with Crippen molar-refractivity contribution in [3.8, 4) is 0 Å². The van der Waals surface area contributed by atoms with Crippen molar-refractivity contribution in [1.82, 2.24) is 4.98 Å². The van der Waals surface area contributed by atoms with E-state index in [4.69, 9.17) is 11.6 Å². The Hall–Kier alpha value is -0.760. The van der Waals surface area contributed by atoms with Crippen LogP contribution >= 0.6 is 11.6 Å². The molecule has 1 atom stereocenters. The maximum absolute atomic E-state index is 5.83. The van der Waals surface area contributed by atoms with Crippen LogP contribution in [0.2, 0.25) is 0 Å². The summed E-state index contributed by atoms with van der Waals surface area (Å²) in [4.78, 5) is 6.82. The standard InChI is InChI=1S/C12H17ClN2/c1-10-4-2-3-7-15(10)12-8-11(9-13)5-6-14-12/h5-6,8,10H,2-4,7,9H2,1H3. The summed E-state index contributed by atoms with van der Waals surface area (Å²) in [6.07, 6.45) is 5.74. The molecule has 1 aromatic rings. The fourth-order valence-electron chi connectivity index (χ4n) is 2.14. The molecule has 0 bridgehead atoms. The van der Waals surface area contributed by atoms with Crippen LogP contribution < -0.4 is 4.90 Å². The van der Waals surface area contributed by atoms with E-state index in [2.05, 4.69) is 22.9 Å². The van der Waals surface area contributed by atoms with Crippen molar-refractivity contribution in [2.75, 3.05) is 11.4 Å². The normalized spacial score (nSPS) is 21.7. The van der Waals surface area contributed by atoms with E-state index in [0.29, 0.717) is 11.9 Å². The first-order valence-electron chi connectivity index (χ1n) is 5.59. The van der Waals surface area contributed by atoms with Crippen LogP contribution in [0.4, 0.5) is 5.82 Å². The highest BCUT2D eigenvalue weighted by molar-refractivity contribution is 6.17. The van der Waals surface area contributed by atoms with Crippen LogP contribution in [0, 0.1) is 0 Å². The summed E-state index contributed by atoms with van der Waals surface area (Å²) in [5.74, 6) is 1.65. The summed E-state index contributed by atoms with van der Waals surface area (Å²) in [6, 6.07) is 4.69. The highest BCUT2D eigenvalue weighted by Gasteiger charge is 2.19. The van der Waals surface area contributed by atoms with Gasteiger partial charge in [0.25, 0.3) is 0 Å². The van der Waals surface area contributed by atoms with Crippen molar-refractivity contribution in [2.45, 2.75) is 38.1 Å². The number of rotatable bonds is 2. The van der Waals surface area contributed by atoms with Gasteiger partial charge in [-0.05, 0) is 43.9 Å². The third-order valence-corrected chi connectivity index (χ3v) is 3.37. The molecule has 2 rings (SSSR count). The predicted octanol–water partition coefficient (Wildman–Crippen LogP) is 3.20. The van der Waals surface area contributed by atoms with Crippen molar-refractivity contribution in [3.63, 3.8) is 0 Å². The molecule has 0 aromatic carbocycles. The first-order chi connectivity index (χ1) is 7.31. The Morgan fingerprint density at radius 3 is 3.13 bits per heavy atom. The van der Waals surface area contributed by atoms with Crippen LogP contribution in [0.5, 0.6) is 0 Å². The summed E-state index contributed by atoms with van der Waals surface area (Å²) >= 11 is 5.83. The molecular weight excluding hydrogens is 208 g/mol. The molecule has 0 radical (unpaired) electrons. The summed E-state index contributed by atoms with van der Waals surface area (Å²) in [5.41, 5.74) is 1.15. The second-order valence-electron chi connectivity index (χ2n) is 4.19. The van der Waals surface area contributed by atoms with E-state index in [1.54, 1.807) is 0 Å². The van der Waals surface area contributed by atoms with Gasteiger partial charge in [0.15, 0.2) is 0 Å². The average Bonchev–Trinajstić information content (AvgIpc) is 2.30. The van der Waals surface area contributed by atoms with Crippen LogP contribution in [0.25, 0.3) is 0 Å². The Balaban J connectivity index is 2.19. The van der Waals surface area contributed by atoms with Crippen LogP contribution in [0.1, 0.15) is 31.7 Å². The number of hydrogen-bond acceptors (Lipinski definition) is 2. The van der Waals surface area contributed by atoms with Gasteiger partial charge in [-0.25, -0.2) is 4.98 Å². The molecule has 1 unspecified atom stereocenters. The first-order valence-corrected chi connectivity index (χ1v) is 6.12. The zero-order valence-corrected chi connectivity index (χ0v) is 9.87. The van der Waals surface area contributed by atoms with E-state index in [1.807, 2.05) is 12.3 Å². The molecule has 1 aromatic heterocycles. The lowest BCUT2D eigenvalue weighted by atomic mass is 10.0. The van der Waals surface area contributed by atoms with E-state index >= 15 is 0 Å². The highest BCUT2D eigenvalue weighted by Crippen LogP contribution is 2.23. The third kappa shape index (κ3) is 2.43. The molecule has 1 saturated heterocycles. The molecule has 3 heteroatoms. The van der Waals surface area contributed by atoms with Gasteiger partial charge < -0.3 is 4.90 Å². The summed E-state index contributed by atoms with van der Waals surface area (Å²) in [6.45, 7) is 3.40. The molecule has 2 nitrogen and oxygen atoms in total. The van der Waals surface area contributed by atoms with E-state index in [9.17, 15) is 0 Å². The van der Waals surface area contributed by atoms with Crippen LogP contribution in [0.15, 0.2) is 18.3 Å². The zero-order valence-electron chi connectivity index (χ0n) is 9.12. The lowest BCUT2D eigenvalue weighted by Gasteiger charge is -2.34. The van der Waals surface area contributed by atoms with Gasteiger partial charge in [0.1, 0.15) is 5.82 Å². The van der Waals surface area contributed by atoms with Crippen LogP contribution in [-0.2, 0) is 5.88 Å². The summed E-state index contributed by atoms with van der Waals surface area (Å²) in [7, 11) is 0. The first kappa shape index (κ1) is 10.7. The van der Waals surface area contributed by atoms with Crippen molar-refractivity contribution >= 4 is 17.4 Å². The number of pyridine rings is 1. The fourth-order valence-corrected chi connectivity index (χ4v) is 2.31. The van der Waals surface area contributed by atoms with Gasteiger partial charge in [-0.1, -0.05) is 0 Å². The van der Waals surface area contributed by atoms with E-state index in [-0.39, 0.29) is 0 Å². The van der Waals surface area contributed by atoms with Gasteiger partial charge in [0.2, 0.25) is 0 Å². The molecule has 0 N–H and O–H groups in total. The number of alkyl halides is 1. The van der Waals surface area contributed by atoms with Gasteiger partial charge in [0.05, 0.1) is 0 Å². The Morgan fingerprint density at radius 2 is 2.40 bits per heavy atom. The van der Waals surface area contributed by atoms with Crippen molar-refractivity contribution in [2.24, 2.45) is 0 Å². The molecular formula is C12H17ClN2. The molecule has 2 heterocycles. The van der Waals surface area contributed by atoms with Gasteiger partial charge >= 0.3 is 0 Å². The number of nitrogens with zero attached hydrogens (tertiary/aromatic N) is 2. The van der Waals surface area contributed by atoms with Gasteiger partial charge in [-0.2, -0.15) is 0 Å².